The molecule has 194 valence electrons. The van der Waals surface area contributed by atoms with Crippen LogP contribution in [-0.4, -0.2) is 18.0 Å². The van der Waals surface area contributed by atoms with Crippen LogP contribution < -0.4 is 44.2 Å². The first-order valence-electron chi connectivity index (χ1n) is 11.8. The van der Waals surface area contributed by atoms with Crippen molar-refractivity contribution >= 4 is 0 Å². The molecular formula is C31H28Br2O4Ti. The Morgan fingerprint density at radius 1 is 0.500 bits per heavy atom. The SMILES string of the molecule is CC1(C)O[C@@H](C([O-])(c2ccccc2)c2ccccc2)[C@H](C([O-])(c2ccccc2)c2ccccc2)O1.[Br-].[Br-].[Ti+4]. The van der Waals surface area contributed by atoms with Crippen LogP contribution in [0, 0.1) is 0 Å². The van der Waals surface area contributed by atoms with Gasteiger partial charge >= 0.3 is 21.7 Å². The van der Waals surface area contributed by atoms with Gasteiger partial charge in [0.25, 0.3) is 0 Å². The van der Waals surface area contributed by atoms with Gasteiger partial charge in [-0.25, -0.2) is 0 Å². The second kappa shape index (κ2) is 13.2. The van der Waals surface area contributed by atoms with E-state index in [0.717, 1.165) is 0 Å². The summed E-state index contributed by atoms with van der Waals surface area (Å²) in [7, 11) is 0. The smallest absolute Gasteiger partial charge is 1.00 e. The Labute approximate surface area is 260 Å². The van der Waals surface area contributed by atoms with Crippen LogP contribution in [0.15, 0.2) is 121 Å². The molecule has 7 heteroatoms. The predicted octanol–water partition coefficient (Wildman–Crippen LogP) is -1.88. The third kappa shape index (κ3) is 5.93. The van der Waals surface area contributed by atoms with Crippen LogP contribution in [0.5, 0.6) is 0 Å². The molecule has 1 saturated heterocycles. The van der Waals surface area contributed by atoms with Crippen molar-refractivity contribution in [3.63, 3.8) is 0 Å². The van der Waals surface area contributed by atoms with Crippen molar-refractivity contribution in [2.75, 3.05) is 0 Å². The normalized spacial score (nSPS) is 18.4. The Kier molecular flexibility index (Phi) is 11.3. The second-order valence-electron chi connectivity index (χ2n) is 9.41. The minimum atomic E-state index is -1.89. The van der Waals surface area contributed by atoms with Crippen molar-refractivity contribution in [1.29, 1.82) is 0 Å². The topological polar surface area (TPSA) is 64.6 Å². The van der Waals surface area contributed by atoms with Gasteiger partial charge in [0.05, 0.1) is 12.2 Å². The van der Waals surface area contributed by atoms with Gasteiger partial charge in [-0.3, -0.25) is 0 Å². The van der Waals surface area contributed by atoms with E-state index in [2.05, 4.69) is 0 Å². The molecule has 0 radical (unpaired) electrons. The van der Waals surface area contributed by atoms with Gasteiger partial charge in [-0.15, -0.1) is 0 Å². The largest absolute Gasteiger partial charge is 4.00 e. The molecule has 1 aliphatic heterocycles. The molecule has 1 fully saturated rings. The molecular weight excluding hydrogens is 644 g/mol. The van der Waals surface area contributed by atoms with E-state index in [4.69, 9.17) is 9.47 Å². The number of rotatable bonds is 6. The van der Waals surface area contributed by atoms with E-state index < -0.39 is 29.2 Å². The summed E-state index contributed by atoms with van der Waals surface area (Å²) < 4.78 is 12.8. The molecule has 0 aromatic heterocycles. The summed E-state index contributed by atoms with van der Waals surface area (Å²) in [5.41, 5.74) is -1.70. The monoisotopic (exact) mass is 670 g/mol. The molecule has 4 nitrogen and oxygen atoms in total. The van der Waals surface area contributed by atoms with Crippen molar-refractivity contribution in [1.82, 2.24) is 0 Å². The predicted molar refractivity (Wildman–Crippen MR) is 131 cm³/mol. The fourth-order valence-electron chi connectivity index (χ4n) is 5.09. The van der Waals surface area contributed by atoms with Crippen LogP contribution in [0.25, 0.3) is 0 Å². The first-order valence-corrected chi connectivity index (χ1v) is 11.8. The van der Waals surface area contributed by atoms with Gasteiger partial charge in [-0.05, 0) is 25.0 Å². The van der Waals surface area contributed by atoms with E-state index in [1.807, 2.05) is 72.8 Å². The molecule has 0 spiro atoms. The minimum Gasteiger partial charge on any atom is -1.00 e. The molecule has 0 amide bonds. The van der Waals surface area contributed by atoms with Crippen LogP contribution in [-0.2, 0) is 42.4 Å². The Balaban J connectivity index is 0.00000169. The van der Waals surface area contributed by atoms with E-state index in [0.29, 0.717) is 22.3 Å². The summed E-state index contributed by atoms with van der Waals surface area (Å²) >= 11 is 0. The first-order chi connectivity index (χ1) is 16.9. The molecule has 0 unspecified atom stereocenters. The summed E-state index contributed by atoms with van der Waals surface area (Å²) in [4.78, 5) is 0. The number of benzene rings is 4. The van der Waals surface area contributed by atoms with Crippen molar-refractivity contribution in [3.05, 3.63) is 144 Å². The van der Waals surface area contributed by atoms with E-state index in [1.165, 1.54) is 0 Å². The maximum absolute atomic E-state index is 15.2. The molecule has 5 rings (SSSR count). The zero-order valence-corrected chi connectivity index (χ0v) is 25.8. The molecule has 0 bridgehead atoms. The van der Waals surface area contributed by atoms with Crippen LogP contribution in [0.2, 0.25) is 0 Å². The minimum absolute atomic E-state index is 0. The standard InChI is InChI=1S/C31H28O4.2BrH.Ti/c1-29(2)34-27(30(32,23-15-7-3-8-16-23)24-17-9-4-10-18-24)28(35-29)31(33,25-19-11-5-12-20-25)26-21-13-6-14-22-26;;;/h3-22,27-28H,1-2H3;2*1H;/q-2;;;+4/p-2/t27-,28-;;;/m1.../s1. The van der Waals surface area contributed by atoms with Crippen LogP contribution in [0.1, 0.15) is 36.1 Å². The zero-order valence-electron chi connectivity index (χ0n) is 21.1. The first kappa shape index (κ1) is 32.6. The average Bonchev–Trinajstić information content (AvgIpc) is 3.26. The van der Waals surface area contributed by atoms with E-state index >= 15 is 10.2 Å². The summed E-state index contributed by atoms with van der Waals surface area (Å²) in [6.07, 6.45) is -2.22. The third-order valence-electron chi connectivity index (χ3n) is 6.71. The molecule has 0 N–H and O–H groups in total. The average molecular weight is 672 g/mol. The summed E-state index contributed by atoms with van der Waals surface area (Å²) in [5.74, 6) is -1.13. The van der Waals surface area contributed by atoms with Crippen molar-refractivity contribution in [2.45, 2.75) is 43.0 Å². The molecule has 1 aliphatic rings. The number of hydrogen-bond donors (Lipinski definition) is 0. The Morgan fingerprint density at radius 3 is 0.921 bits per heavy atom. The molecule has 4 aromatic rings. The van der Waals surface area contributed by atoms with Crippen LogP contribution in [0.3, 0.4) is 0 Å². The van der Waals surface area contributed by atoms with Gasteiger partial charge in [0.15, 0.2) is 5.79 Å². The Hall–Kier alpha value is -1.61. The Morgan fingerprint density at radius 2 is 0.711 bits per heavy atom. The van der Waals surface area contributed by atoms with Gasteiger partial charge in [0, 0.05) is 0 Å². The maximum Gasteiger partial charge on any atom is 4.00 e. The third-order valence-corrected chi connectivity index (χ3v) is 6.71. The molecule has 2 atom stereocenters. The number of halogens is 2. The van der Waals surface area contributed by atoms with Gasteiger partial charge < -0.3 is 53.6 Å². The van der Waals surface area contributed by atoms with Gasteiger partial charge in [0.1, 0.15) is 0 Å². The molecule has 0 aliphatic carbocycles. The van der Waals surface area contributed by atoms with Gasteiger partial charge in [-0.1, -0.05) is 144 Å². The number of hydrogen-bond acceptors (Lipinski definition) is 4. The van der Waals surface area contributed by atoms with Crippen molar-refractivity contribution in [3.8, 4) is 0 Å². The summed E-state index contributed by atoms with van der Waals surface area (Å²) in [5, 5.41) is 30.3. The fraction of sp³-hybridized carbons (Fsp3) is 0.226. The van der Waals surface area contributed by atoms with E-state index in [-0.39, 0.29) is 55.7 Å². The second-order valence-corrected chi connectivity index (χ2v) is 9.41. The van der Waals surface area contributed by atoms with Gasteiger partial charge in [0.2, 0.25) is 0 Å². The Bertz CT molecular complexity index is 1080. The molecule has 38 heavy (non-hydrogen) atoms. The van der Waals surface area contributed by atoms with Crippen LogP contribution in [0.4, 0.5) is 0 Å². The van der Waals surface area contributed by atoms with Crippen molar-refractivity contribution in [2.24, 2.45) is 0 Å². The summed E-state index contributed by atoms with van der Waals surface area (Å²) in [6.45, 7) is 3.51. The van der Waals surface area contributed by atoms with Gasteiger partial charge in [-0.2, -0.15) is 0 Å². The molecule has 1 heterocycles. The van der Waals surface area contributed by atoms with E-state index in [1.54, 1.807) is 62.4 Å². The number of ether oxygens (including phenoxy) is 2. The molecule has 4 aromatic carbocycles. The quantitative estimate of drug-likeness (QED) is 0.226. The molecule has 0 saturated carbocycles. The van der Waals surface area contributed by atoms with E-state index in [9.17, 15) is 0 Å². The maximum atomic E-state index is 15.2. The fourth-order valence-corrected chi connectivity index (χ4v) is 5.09. The van der Waals surface area contributed by atoms with Crippen molar-refractivity contribution < 1.29 is 75.4 Å². The zero-order chi connectivity index (χ0) is 24.5. The van der Waals surface area contributed by atoms with Crippen LogP contribution >= 0.6 is 0 Å². The summed E-state index contributed by atoms with van der Waals surface area (Å²) in [6, 6.07) is 36.5.